The number of hydrogen-bond acceptors (Lipinski definition) is 4. The smallest absolute Gasteiger partial charge is 0.111 e. The number of likely N-dealkylation sites (tertiary alicyclic amines) is 1. The van der Waals surface area contributed by atoms with E-state index in [0.717, 1.165) is 30.0 Å². The Hall–Kier alpha value is -1.75. The third-order valence-corrected chi connectivity index (χ3v) is 4.40. The molecule has 0 radical (unpaired) electrons. The Bertz CT molecular complexity index is 631. The molecule has 1 atom stereocenters. The summed E-state index contributed by atoms with van der Waals surface area (Å²) in [7, 11) is 0. The van der Waals surface area contributed by atoms with Crippen LogP contribution in [0, 0.1) is 0 Å². The molecule has 5 heteroatoms. The highest BCUT2D eigenvalue weighted by Gasteiger charge is 2.31. The highest BCUT2D eigenvalue weighted by molar-refractivity contribution is 5.58. The van der Waals surface area contributed by atoms with Gasteiger partial charge in [-0.15, -0.1) is 0 Å². The van der Waals surface area contributed by atoms with Crippen molar-refractivity contribution >= 4 is 0 Å². The summed E-state index contributed by atoms with van der Waals surface area (Å²) in [5, 5.41) is 4.45. The molecule has 1 aliphatic rings. The monoisotopic (exact) mass is 299 g/mol. The standard InChI is InChI=1S/C17H25N5/c1-12(2)21-11-5-6-14(21)16-17(19-10-9-18-16)15-7-8-20-22(15)13(3)4/h7-10,12-14H,5-6,11H2,1-4H3/t14-/m0/s1. The van der Waals surface area contributed by atoms with Gasteiger partial charge in [0.2, 0.25) is 0 Å². The summed E-state index contributed by atoms with van der Waals surface area (Å²) < 4.78 is 2.03. The van der Waals surface area contributed by atoms with E-state index in [0.29, 0.717) is 18.1 Å². The average molecular weight is 299 g/mol. The van der Waals surface area contributed by atoms with Crippen molar-refractivity contribution in [3.8, 4) is 11.4 Å². The Morgan fingerprint density at radius 2 is 1.82 bits per heavy atom. The van der Waals surface area contributed by atoms with Crippen LogP contribution >= 0.6 is 0 Å². The van der Waals surface area contributed by atoms with E-state index in [9.17, 15) is 0 Å². The highest BCUT2D eigenvalue weighted by atomic mass is 15.3. The molecule has 5 nitrogen and oxygen atoms in total. The van der Waals surface area contributed by atoms with Gasteiger partial charge in [-0.2, -0.15) is 5.10 Å². The first-order valence-electron chi connectivity index (χ1n) is 8.20. The zero-order valence-electron chi connectivity index (χ0n) is 13.9. The van der Waals surface area contributed by atoms with Gasteiger partial charge in [-0.1, -0.05) is 0 Å². The van der Waals surface area contributed by atoms with Gasteiger partial charge in [0.05, 0.1) is 17.4 Å². The third-order valence-electron chi connectivity index (χ3n) is 4.40. The number of aromatic nitrogens is 4. The minimum atomic E-state index is 0.310. The summed E-state index contributed by atoms with van der Waals surface area (Å²) in [6.07, 6.45) is 7.82. The predicted molar refractivity (Wildman–Crippen MR) is 87.5 cm³/mol. The maximum atomic E-state index is 4.70. The average Bonchev–Trinajstić information content (AvgIpc) is 3.16. The molecule has 22 heavy (non-hydrogen) atoms. The second-order valence-electron chi connectivity index (χ2n) is 6.53. The van der Waals surface area contributed by atoms with Crippen molar-refractivity contribution in [3.63, 3.8) is 0 Å². The van der Waals surface area contributed by atoms with E-state index in [1.54, 1.807) is 6.20 Å². The summed E-state index contributed by atoms with van der Waals surface area (Å²) >= 11 is 0. The number of rotatable bonds is 4. The maximum Gasteiger partial charge on any atom is 0.111 e. The zero-order chi connectivity index (χ0) is 15.7. The Morgan fingerprint density at radius 3 is 2.55 bits per heavy atom. The number of nitrogens with zero attached hydrogens (tertiary/aromatic N) is 5. The Kier molecular flexibility index (Phi) is 4.25. The molecule has 0 bridgehead atoms. The van der Waals surface area contributed by atoms with Gasteiger partial charge in [-0.3, -0.25) is 19.5 Å². The predicted octanol–water partition coefficient (Wildman–Crippen LogP) is 3.47. The SMILES string of the molecule is CC(C)N1CCC[C@H]1c1nccnc1-c1ccnn1C(C)C. The number of hydrogen-bond donors (Lipinski definition) is 0. The minimum absolute atomic E-state index is 0.310. The van der Waals surface area contributed by atoms with Crippen molar-refractivity contribution in [2.45, 2.75) is 58.7 Å². The van der Waals surface area contributed by atoms with Crippen molar-refractivity contribution in [1.82, 2.24) is 24.6 Å². The van der Waals surface area contributed by atoms with Crippen LogP contribution in [0.15, 0.2) is 24.7 Å². The molecule has 2 aromatic heterocycles. The van der Waals surface area contributed by atoms with E-state index in [1.165, 1.54) is 6.42 Å². The molecule has 0 aromatic carbocycles. The molecule has 2 aromatic rings. The molecule has 118 valence electrons. The molecular formula is C17H25N5. The van der Waals surface area contributed by atoms with Gasteiger partial charge in [-0.05, 0) is 53.1 Å². The first-order valence-corrected chi connectivity index (χ1v) is 8.20. The summed E-state index contributed by atoms with van der Waals surface area (Å²) in [6, 6.07) is 3.24. The van der Waals surface area contributed by atoms with E-state index < -0.39 is 0 Å². The second-order valence-corrected chi connectivity index (χ2v) is 6.53. The highest BCUT2D eigenvalue weighted by Crippen LogP contribution is 2.36. The van der Waals surface area contributed by atoms with Crippen molar-refractivity contribution in [2.24, 2.45) is 0 Å². The van der Waals surface area contributed by atoms with E-state index in [1.807, 2.05) is 23.1 Å². The summed E-state index contributed by atoms with van der Waals surface area (Å²) in [5.74, 6) is 0. The topological polar surface area (TPSA) is 46.8 Å². The second kappa shape index (κ2) is 6.16. The van der Waals surface area contributed by atoms with Crippen LogP contribution < -0.4 is 0 Å². The van der Waals surface area contributed by atoms with E-state index in [4.69, 9.17) is 4.98 Å². The van der Waals surface area contributed by atoms with Crippen LogP contribution in [0.1, 0.15) is 58.3 Å². The molecule has 1 aliphatic heterocycles. The van der Waals surface area contributed by atoms with Crippen molar-refractivity contribution in [1.29, 1.82) is 0 Å². The van der Waals surface area contributed by atoms with Crippen LogP contribution in [-0.4, -0.2) is 37.2 Å². The van der Waals surface area contributed by atoms with E-state index >= 15 is 0 Å². The summed E-state index contributed by atoms with van der Waals surface area (Å²) in [4.78, 5) is 11.9. The summed E-state index contributed by atoms with van der Waals surface area (Å²) in [6.45, 7) is 9.94. The molecule has 0 spiro atoms. The molecule has 3 heterocycles. The lowest BCUT2D eigenvalue weighted by atomic mass is 10.1. The quantitative estimate of drug-likeness (QED) is 0.867. The molecule has 0 unspecified atom stereocenters. The van der Waals surface area contributed by atoms with Crippen LogP contribution in [0.4, 0.5) is 0 Å². The molecular weight excluding hydrogens is 274 g/mol. The van der Waals surface area contributed by atoms with E-state index in [-0.39, 0.29) is 0 Å². The lowest BCUT2D eigenvalue weighted by Gasteiger charge is -2.28. The lowest BCUT2D eigenvalue weighted by molar-refractivity contribution is 0.202. The van der Waals surface area contributed by atoms with Gasteiger partial charge >= 0.3 is 0 Å². The fraction of sp³-hybridized carbons (Fsp3) is 0.588. The third kappa shape index (κ3) is 2.65. The molecule has 1 fully saturated rings. The van der Waals surface area contributed by atoms with Crippen LogP contribution in [-0.2, 0) is 0 Å². The molecule has 0 amide bonds. The first kappa shape index (κ1) is 15.2. The largest absolute Gasteiger partial charge is 0.292 e. The van der Waals surface area contributed by atoms with Gasteiger partial charge in [-0.25, -0.2) is 0 Å². The Morgan fingerprint density at radius 1 is 1.05 bits per heavy atom. The van der Waals surface area contributed by atoms with Crippen LogP contribution in [0.5, 0.6) is 0 Å². The lowest BCUT2D eigenvalue weighted by Crippen LogP contribution is -2.31. The van der Waals surface area contributed by atoms with Crippen molar-refractivity contribution < 1.29 is 0 Å². The van der Waals surface area contributed by atoms with Crippen molar-refractivity contribution in [2.75, 3.05) is 6.54 Å². The summed E-state index contributed by atoms with van der Waals surface area (Å²) in [5.41, 5.74) is 3.14. The molecule has 1 saturated heterocycles. The van der Waals surface area contributed by atoms with Crippen LogP contribution in [0.2, 0.25) is 0 Å². The Balaban J connectivity index is 2.05. The van der Waals surface area contributed by atoms with Gasteiger partial charge in [0.25, 0.3) is 0 Å². The van der Waals surface area contributed by atoms with Crippen LogP contribution in [0.25, 0.3) is 11.4 Å². The zero-order valence-corrected chi connectivity index (χ0v) is 13.9. The first-order chi connectivity index (χ1) is 10.6. The van der Waals surface area contributed by atoms with Gasteiger partial charge in [0, 0.05) is 30.7 Å². The molecule has 0 N–H and O–H groups in total. The fourth-order valence-electron chi connectivity index (χ4n) is 3.40. The van der Waals surface area contributed by atoms with Gasteiger partial charge in [0.1, 0.15) is 5.69 Å². The van der Waals surface area contributed by atoms with Crippen molar-refractivity contribution in [3.05, 3.63) is 30.4 Å². The fourth-order valence-corrected chi connectivity index (χ4v) is 3.40. The van der Waals surface area contributed by atoms with E-state index in [2.05, 4.69) is 42.7 Å². The van der Waals surface area contributed by atoms with Crippen LogP contribution in [0.3, 0.4) is 0 Å². The molecule has 0 saturated carbocycles. The maximum absolute atomic E-state index is 4.70. The normalized spacial score (nSPS) is 19.5. The Labute approximate surface area is 132 Å². The van der Waals surface area contributed by atoms with Gasteiger partial charge in [0.15, 0.2) is 0 Å². The minimum Gasteiger partial charge on any atom is -0.292 e. The van der Waals surface area contributed by atoms with Gasteiger partial charge < -0.3 is 0 Å². The molecule has 0 aliphatic carbocycles. The molecule has 3 rings (SSSR count).